The number of benzene rings is 1. The van der Waals surface area contributed by atoms with Crippen LogP contribution >= 0.6 is 11.6 Å². The van der Waals surface area contributed by atoms with Gasteiger partial charge >= 0.3 is 0 Å². The van der Waals surface area contributed by atoms with Crippen LogP contribution in [0.2, 0.25) is 5.02 Å². The Morgan fingerprint density at radius 2 is 2.29 bits per heavy atom. The molecule has 17 heavy (non-hydrogen) atoms. The highest BCUT2D eigenvalue weighted by atomic mass is 35.5. The van der Waals surface area contributed by atoms with Crippen LogP contribution < -0.4 is 5.32 Å². The molecule has 1 N–H and O–H groups in total. The Hall–Kier alpha value is -1.46. The molecule has 2 nitrogen and oxygen atoms in total. The van der Waals surface area contributed by atoms with Gasteiger partial charge in [0.25, 0.3) is 0 Å². The third kappa shape index (κ3) is 1.81. The number of anilines is 1. The van der Waals surface area contributed by atoms with Crippen molar-refractivity contribution in [3.63, 3.8) is 0 Å². The molecule has 0 amide bonds. The standard InChI is InChI=1S/C14H13ClN2/c15-12-6-9(8-16)4-5-13(12)17-14-7-10-2-1-3-11(10)14/h1,3-6,10-11,14,17H,2,7H2. The van der Waals surface area contributed by atoms with Gasteiger partial charge in [0.2, 0.25) is 0 Å². The number of rotatable bonds is 2. The molecular formula is C14H13ClN2. The molecule has 1 saturated carbocycles. The summed E-state index contributed by atoms with van der Waals surface area (Å²) in [6, 6.07) is 8.00. The van der Waals surface area contributed by atoms with E-state index in [1.165, 1.54) is 12.8 Å². The number of nitrogens with one attached hydrogen (secondary N) is 1. The summed E-state index contributed by atoms with van der Waals surface area (Å²) < 4.78 is 0. The fourth-order valence-corrected chi connectivity index (χ4v) is 3.02. The van der Waals surface area contributed by atoms with Crippen molar-refractivity contribution in [2.24, 2.45) is 11.8 Å². The zero-order valence-corrected chi connectivity index (χ0v) is 10.1. The van der Waals surface area contributed by atoms with Crippen LogP contribution in [0.1, 0.15) is 18.4 Å². The number of hydrogen-bond donors (Lipinski definition) is 1. The van der Waals surface area contributed by atoms with E-state index in [4.69, 9.17) is 16.9 Å². The van der Waals surface area contributed by atoms with Crippen molar-refractivity contribution in [1.29, 1.82) is 5.26 Å². The molecule has 0 saturated heterocycles. The molecule has 3 rings (SSSR count). The van der Waals surface area contributed by atoms with Crippen molar-refractivity contribution >= 4 is 17.3 Å². The third-order valence-corrected chi connectivity index (χ3v) is 4.11. The van der Waals surface area contributed by atoms with Crippen molar-refractivity contribution in [3.8, 4) is 6.07 Å². The van der Waals surface area contributed by atoms with Crippen molar-refractivity contribution in [2.45, 2.75) is 18.9 Å². The Labute approximate surface area is 106 Å². The molecule has 1 aromatic carbocycles. The lowest BCUT2D eigenvalue weighted by Gasteiger charge is -2.41. The quantitative estimate of drug-likeness (QED) is 0.807. The van der Waals surface area contributed by atoms with Gasteiger partial charge in [-0.15, -0.1) is 0 Å². The molecule has 3 unspecified atom stereocenters. The van der Waals surface area contributed by atoms with E-state index in [-0.39, 0.29) is 0 Å². The Morgan fingerprint density at radius 3 is 3.00 bits per heavy atom. The second-order valence-corrected chi connectivity index (χ2v) is 5.20. The first-order valence-corrected chi connectivity index (χ1v) is 6.28. The number of allylic oxidation sites excluding steroid dienone is 1. The number of fused-ring (bicyclic) bond motifs is 1. The summed E-state index contributed by atoms with van der Waals surface area (Å²) in [5.41, 5.74) is 1.54. The molecule has 3 heteroatoms. The van der Waals surface area contributed by atoms with Crippen molar-refractivity contribution in [2.75, 3.05) is 5.32 Å². The second-order valence-electron chi connectivity index (χ2n) is 4.79. The van der Waals surface area contributed by atoms with E-state index in [9.17, 15) is 0 Å². The first kappa shape index (κ1) is 10.7. The molecular weight excluding hydrogens is 232 g/mol. The summed E-state index contributed by atoms with van der Waals surface area (Å²) in [4.78, 5) is 0. The molecule has 86 valence electrons. The molecule has 1 aromatic rings. The minimum absolute atomic E-state index is 0.504. The van der Waals surface area contributed by atoms with E-state index >= 15 is 0 Å². The molecule has 3 atom stereocenters. The zero-order chi connectivity index (χ0) is 11.8. The monoisotopic (exact) mass is 244 g/mol. The first-order chi connectivity index (χ1) is 8.28. The molecule has 0 heterocycles. The SMILES string of the molecule is N#Cc1ccc(NC2CC3CC=CC32)c(Cl)c1. The molecule has 0 bridgehead atoms. The van der Waals surface area contributed by atoms with Crippen LogP contribution in [0.15, 0.2) is 30.4 Å². The van der Waals surface area contributed by atoms with Crippen LogP contribution in [0.3, 0.4) is 0 Å². The Balaban J connectivity index is 1.74. The first-order valence-electron chi connectivity index (χ1n) is 5.91. The zero-order valence-electron chi connectivity index (χ0n) is 9.36. The van der Waals surface area contributed by atoms with Gasteiger partial charge in [0, 0.05) is 12.0 Å². The predicted molar refractivity (Wildman–Crippen MR) is 68.9 cm³/mol. The van der Waals surface area contributed by atoms with Gasteiger partial charge in [-0.05, 0) is 37.0 Å². The fraction of sp³-hybridized carbons (Fsp3) is 0.357. The number of nitrogens with zero attached hydrogens (tertiary/aromatic N) is 1. The number of nitriles is 1. The lowest BCUT2D eigenvalue weighted by Crippen LogP contribution is -2.43. The molecule has 2 aliphatic rings. The summed E-state index contributed by atoms with van der Waals surface area (Å²) >= 11 is 6.14. The van der Waals surface area contributed by atoms with Gasteiger partial charge in [-0.3, -0.25) is 0 Å². The molecule has 0 aliphatic heterocycles. The highest BCUT2D eigenvalue weighted by Crippen LogP contribution is 2.44. The van der Waals surface area contributed by atoms with Crippen LogP contribution in [-0.2, 0) is 0 Å². The van der Waals surface area contributed by atoms with Crippen LogP contribution in [0, 0.1) is 23.2 Å². The molecule has 2 aliphatic carbocycles. The summed E-state index contributed by atoms with van der Waals surface area (Å²) in [6.07, 6.45) is 7.03. The van der Waals surface area contributed by atoms with Crippen molar-refractivity contribution in [3.05, 3.63) is 40.9 Å². The maximum atomic E-state index is 8.78. The van der Waals surface area contributed by atoms with Crippen LogP contribution in [0.5, 0.6) is 0 Å². The maximum absolute atomic E-state index is 8.78. The smallest absolute Gasteiger partial charge is 0.0992 e. The minimum Gasteiger partial charge on any atom is -0.380 e. The van der Waals surface area contributed by atoms with Gasteiger partial charge in [-0.25, -0.2) is 0 Å². The predicted octanol–water partition coefficient (Wildman–Crippen LogP) is 3.59. The number of halogens is 1. The number of hydrogen-bond acceptors (Lipinski definition) is 2. The van der Waals surface area contributed by atoms with E-state index in [1.54, 1.807) is 12.1 Å². The van der Waals surface area contributed by atoms with Crippen molar-refractivity contribution < 1.29 is 0 Å². The van der Waals surface area contributed by atoms with Crippen molar-refractivity contribution in [1.82, 2.24) is 0 Å². The van der Waals surface area contributed by atoms with Gasteiger partial charge in [0.05, 0.1) is 22.3 Å². The summed E-state index contributed by atoms with van der Waals surface area (Å²) in [5.74, 6) is 1.51. The third-order valence-electron chi connectivity index (χ3n) is 3.80. The molecule has 0 radical (unpaired) electrons. The van der Waals surface area contributed by atoms with E-state index in [0.29, 0.717) is 22.5 Å². The normalized spacial score (nSPS) is 29.3. The summed E-state index contributed by atoms with van der Waals surface area (Å²) in [7, 11) is 0. The average Bonchev–Trinajstić information content (AvgIpc) is 2.69. The fourth-order valence-electron chi connectivity index (χ4n) is 2.78. The van der Waals surface area contributed by atoms with Crippen LogP contribution in [-0.4, -0.2) is 6.04 Å². The van der Waals surface area contributed by atoms with Gasteiger partial charge in [0.15, 0.2) is 0 Å². The van der Waals surface area contributed by atoms with Crippen LogP contribution in [0.25, 0.3) is 0 Å². The van der Waals surface area contributed by atoms with Gasteiger partial charge in [-0.1, -0.05) is 23.8 Å². The minimum atomic E-state index is 0.504. The lowest BCUT2D eigenvalue weighted by molar-refractivity contribution is 0.218. The second kappa shape index (κ2) is 4.09. The van der Waals surface area contributed by atoms with Gasteiger partial charge in [-0.2, -0.15) is 5.26 Å². The van der Waals surface area contributed by atoms with Crippen LogP contribution in [0.4, 0.5) is 5.69 Å². The highest BCUT2D eigenvalue weighted by Gasteiger charge is 2.40. The largest absolute Gasteiger partial charge is 0.380 e. The maximum Gasteiger partial charge on any atom is 0.0992 e. The topological polar surface area (TPSA) is 35.8 Å². The summed E-state index contributed by atoms with van der Waals surface area (Å²) in [5, 5.41) is 12.9. The molecule has 0 spiro atoms. The van der Waals surface area contributed by atoms with Gasteiger partial charge < -0.3 is 5.32 Å². The van der Waals surface area contributed by atoms with E-state index in [0.717, 1.165) is 11.6 Å². The Bertz CT molecular complexity index is 515. The van der Waals surface area contributed by atoms with E-state index < -0.39 is 0 Å². The molecule has 0 aromatic heterocycles. The lowest BCUT2D eigenvalue weighted by atomic mass is 9.71. The van der Waals surface area contributed by atoms with E-state index in [1.807, 2.05) is 6.07 Å². The summed E-state index contributed by atoms with van der Waals surface area (Å²) in [6.45, 7) is 0. The van der Waals surface area contributed by atoms with E-state index in [2.05, 4.69) is 23.5 Å². The highest BCUT2D eigenvalue weighted by molar-refractivity contribution is 6.33. The Morgan fingerprint density at radius 1 is 1.41 bits per heavy atom. The van der Waals surface area contributed by atoms with Gasteiger partial charge in [0.1, 0.15) is 0 Å². The average molecular weight is 245 g/mol. The Kier molecular flexibility index (Phi) is 2.57. The molecule has 1 fully saturated rings.